The first-order valence-electron chi connectivity index (χ1n) is 29.9. The highest BCUT2D eigenvalue weighted by molar-refractivity contribution is 6.30. The molecule has 0 saturated heterocycles. The number of unbranched alkanes of at least 4 members (excludes halogenated alkanes) is 30. The molecule has 5 heteroatoms. The monoisotopic (exact) mass is 984 g/mol. The predicted octanol–water partition coefficient (Wildman–Crippen LogP) is 20.1. The lowest BCUT2D eigenvalue weighted by Gasteiger charge is -2.36. The van der Waals surface area contributed by atoms with Crippen molar-refractivity contribution in [2.24, 2.45) is 11.3 Å². The van der Waals surface area contributed by atoms with Crippen molar-refractivity contribution in [1.29, 1.82) is 0 Å². The first-order chi connectivity index (χ1) is 34.0. The van der Waals surface area contributed by atoms with E-state index in [2.05, 4.69) is 107 Å². The Balaban J connectivity index is 1.26. The summed E-state index contributed by atoms with van der Waals surface area (Å²) in [5.74, 6) is 0.999. The number of benzene rings is 2. The molecule has 1 aliphatic carbocycles. The number of halogens is 1. The van der Waals surface area contributed by atoms with Crippen molar-refractivity contribution in [1.82, 2.24) is 0 Å². The maximum atomic E-state index is 9.38. The molecular weight excluding hydrogens is 876 g/mol. The van der Waals surface area contributed by atoms with Crippen LogP contribution in [0.4, 0.5) is 11.4 Å². The van der Waals surface area contributed by atoms with Gasteiger partial charge >= 0.3 is 0 Å². The fraction of sp³-hybridized carbons (Fsp3) is 0.738. The van der Waals surface area contributed by atoms with Crippen molar-refractivity contribution in [2.75, 3.05) is 31.8 Å². The zero-order valence-corrected chi connectivity index (χ0v) is 47.5. The van der Waals surface area contributed by atoms with E-state index in [0.717, 1.165) is 24.3 Å². The van der Waals surface area contributed by atoms with E-state index < -0.39 is 0 Å². The standard InChI is InChI=1S/C65H108ClN2O2/c1-8-10-12-14-16-18-20-22-24-26-28-30-32-34-36-38-48-68(49-39-37-35-33-31-29-27-25-23-21-19-17-15-13-11-9-2)58-43-40-55(41-44-58)50-57-53-64(3,4)52-56(63(57)66)42-47-62-65(5,6)60-51-59(70-54-69)45-46-61(60)67(62)7/h40-47,51,57,69H,8-39,48-50,52-54H2,1-7H3/q+1. The molecule has 0 saturated carbocycles. The van der Waals surface area contributed by atoms with Crippen LogP contribution >= 0.6 is 11.6 Å². The first kappa shape index (κ1) is 60.0. The van der Waals surface area contributed by atoms with E-state index in [1.165, 1.54) is 252 Å². The fourth-order valence-electron chi connectivity index (χ4n) is 11.8. The van der Waals surface area contributed by atoms with Gasteiger partial charge in [0.1, 0.15) is 12.8 Å². The van der Waals surface area contributed by atoms with Crippen molar-refractivity contribution < 1.29 is 14.4 Å². The maximum Gasteiger partial charge on any atom is 0.209 e. The molecule has 2 aromatic rings. The lowest BCUT2D eigenvalue weighted by atomic mass is 9.71. The summed E-state index contributed by atoms with van der Waals surface area (Å²) in [7, 11) is 2.15. The molecule has 1 aliphatic heterocycles. The van der Waals surface area contributed by atoms with Gasteiger partial charge < -0.3 is 14.7 Å². The fourth-order valence-corrected chi connectivity index (χ4v) is 12.1. The largest absolute Gasteiger partial charge is 0.468 e. The Bertz CT molecular complexity index is 1750. The van der Waals surface area contributed by atoms with Crippen molar-refractivity contribution in [2.45, 2.75) is 272 Å². The molecule has 0 spiro atoms. The van der Waals surface area contributed by atoms with Crippen LogP contribution < -0.4 is 9.64 Å². The average molecular weight is 985 g/mol. The second-order valence-electron chi connectivity index (χ2n) is 23.4. The van der Waals surface area contributed by atoms with E-state index in [4.69, 9.17) is 16.3 Å². The Morgan fingerprint density at radius 3 is 1.46 bits per heavy atom. The smallest absolute Gasteiger partial charge is 0.209 e. The first-order valence-corrected chi connectivity index (χ1v) is 30.3. The van der Waals surface area contributed by atoms with Gasteiger partial charge in [0.15, 0.2) is 12.5 Å². The van der Waals surface area contributed by atoms with Gasteiger partial charge in [-0.25, -0.2) is 0 Å². The molecule has 2 aromatic carbocycles. The van der Waals surface area contributed by atoms with Gasteiger partial charge in [0.05, 0.1) is 5.41 Å². The van der Waals surface area contributed by atoms with Crippen molar-refractivity contribution in [3.63, 3.8) is 0 Å². The van der Waals surface area contributed by atoms with Crippen LogP contribution in [0.5, 0.6) is 5.75 Å². The van der Waals surface area contributed by atoms with E-state index in [9.17, 15) is 5.11 Å². The molecule has 0 amide bonds. The molecule has 1 unspecified atom stereocenters. The topological polar surface area (TPSA) is 35.7 Å². The molecule has 1 heterocycles. The summed E-state index contributed by atoms with van der Waals surface area (Å²) in [4.78, 5) is 2.72. The van der Waals surface area contributed by atoms with E-state index in [1.807, 2.05) is 6.07 Å². The van der Waals surface area contributed by atoms with Gasteiger partial charge in [0, 0.05) is 41.5 Å². The van der Waals surface area contributed by atoms with Crippen LogP contribution in [0.15, 0.2) is 65.2 Å². The number of hydrogen-bond acceptors (Lipinski definition) is 3. The number of fused-ring (bicyclic) bond motifs is 1. The number of anilines is 1. The zero-order chi connectivity index (χ0) is 50.3. The van der Waals surface area contributed by atoms with E-state index in [0.29, 0.717) is 11.7 Å². The molecule has 4 nitrogen and oxygen atoms in total. The molecule has 70 heavy (non-hydrogen) atoms. The third kappa shape index (κ3) is 22.3. The Morgan fingerprint density at radius 2 is 1.03 bits per heavy atom. The Labute approximate surface area is 438 Å². The summed E-state index contributed by atoms with van der Waals surface area (Å²) >= 11 is 7.42. The molecular formula is C65H108ClN2O2+. The van der Waals surface area contributed by atoms with Crippen LogP contribution in [-0.2, 0) is 11.8 Å². The Morgan fingerprint density at radius 1 is 0.600 bits per heavy atom. The predicted molar refractivity (Wildman–Crippen MR) is 308 cm³/mol. The number of hydrogen-bond donors (Lipinski definition) is 1. The molecule has 1 N–H and O–H groups in total. The van der Waals surface area contributed by atoms with Gasteiger partial charge in [-0.3, -0.25) is 0 Å². The molecule has 396 valence electrons. The van der Waals surface area contributed by atoms with Gasteiger partial charge in [-0.15, -0.1) is 0 Å². The molecule has 4 rings (SSSR count). The van der Waals surface area contributed by atoms with Gasteiger partial charge in [0.2, 0.25) is 5.69 Å². The van der Waals surface area contributed by atoms with Crippen LogP contribution in [0.25, 0.3) is 0 Å². The summed E-state index contributed by atoms with van der Waals surface area (Å²) in [5, 5.41) is 10.4. The number of aliphatic hydroxyl groups excluding tert-OH is 1. The third-order valence-electron chi connectivity index (χ3n) is 16.2. The molecule has 0 aromatic heterocycles. The lowest BCUT2D eigenvalue weighted by Crippen LogP contribution is -2.27. The van der Waals surface area contributed by atoms with Crippen LogP contribution in [0.2, 0.25) is 0 Å². The lowest BCUT2D eigenvalue weighted by molar-refractivity contribution is -0.401. The molecule has 0 bridgehead atoms. The summed E-state index contributed by atoms with van der Waals surface area (Å²) in [5.41, 5.74) is 7.63. The Kier molecular flexibility index (Phi) is 29.8. The molecule has 0 radical (unpaired) electrons. The van der Waals surface area contributed by atoms with Crippen LogP contribution in [-0.4, -0.2) is 42.3 Å². The minimum Gasteiger partial charge on any atom is -0.468 e. The SMILES string of the molecule is CCCCCCCCCCCCCCCCCCN(CCCCCCCCCCCCCCCCCC)c1ccc(CC2CC(C)(C)CC(C=CC3=[N+](C)c4ccc(OCO)cc4C3(C)C)=C2Cl)cc1. The van der Waals surface area contributed by atoms with Crippen molar-refractivity contribution >= 4 is 28.7 Å². The van der Waals surface area contributed by atoms with Gasteiger partial charge in [-0.05, 0) is 92.7 Å². The number of ether oxygens (including phenoxy) is 1. The number of nitrogens with zero attached hydrogens (tertiary/aromatic N) is 2. The highest BCUT2D eigenvalue weighted by Gasteiger charge is 2.43. The second kappa shape index (κ2) is 34.8. The molecule has 1 atom stereocenters. The van der Waals surface area contributed by atoms with Gasteiger partial charge in [-0.2, -0.15) is 4.58 Å². The normalized spacial score (nSPS) is 16.5. The third-order valence-corrected chi connectivity index (χ3v) is 16.7. The summed E-state index contributed by atoms with van der Waals surface area (Å²) < 4.78 is 7.75. The second-order valence-corrected chi connectivity index (χ2v) is 23.8. The zero-order valence-electron chi connectivity index (χ0n) is 46.8. The van der Waals surface area contributed by atoms with Gasteiger partial charge in [-0.1, -0.05) is 250 Å². The van der Waals surface area contributed by atoms with Crippen LogP contribution in [0.1, 0.15) is 271 Å². The summed E-state index contributed by atoms with van der Waals surface area (Å²) in [6.07, 6.45) is 52.9. The van der Waals surface area contributed by atoms with Crippen molar-refractivity contribution in [3.8, 4) is 5.75 Å². The van der Waals surface area contributed by atoms with Crippen LogP contribution in [0.3, 0.4) is 0 Å². The van der Waals surface area contributed by atoms with E-state index in [1.54, 1.807) is 0 Å². The van der Waals surface area contributed by atoms with Gasteiger partial charge in [0.25, 0.3) is 0 Å². The number of rotatable bonds is 41. The van der Waals surface area contributed by atoms with E-state index in [-0.39, 0.29) is 17.6 Å². The quantitative estimate of drug-likeness (QED) is 0.0410. The highest BCUT2D eigenvalue weighted by Crippen LogP contribution is 2.46. The minimum absolute atomic E-state index is 0.167. The van der Waals surface area contributed by atoms with Crippen molar-refractivity contribution in [3.05, 3.63) is 76.3 Å². The van der Waals surface area contributed by atoms with E-state index >= 15 is 0 Å². The number of aliphatic hydroxyl groups is 1. The highest BCUT2D eigenvalue weighted by atomic mass is 35.5. The Hall–Kier alpha value is -2.56. The molecule has 2 aliphatic rings. The average Bonchev–Trinajstić information content (AvgIpc) is 3.53. The van der Waals surface area contributed by atoms with Crippen LogP contribution in [0, 0.1) is 11.3 Å². The summed E-state index contributed by atoms with van der Waals surface area (Å²) in [6.45, 7) is 16.0. The number of allylic oxidation sites excluding steroid dienone is 4. The minimum atomic E-state index is -0.322. The maximum absolute atomic E-state index is 9.38. The molecule has 0 fully saturated rings. The summed E-state index contributed by atoms with van der Waals surface area (Å²) in [6, 6.07) is 15.8.